The van der Waals surface area contributed by atoms with Crippen LogP contribution in [0.3, 0.4) is 0 Å². The third kappa shape index (κ3) is 2.73. The lowest BCUT2D eigenvalue weighted by atomic mass is 10.3. The molecule has 0 atom stereocenters. The molecule has 3 N–H and O–H groups in total. The summed E-state index contributed by atoms with van der Waals surface area (Å²) < 4.78 is 6.49. The molecule has 2 aromatic rings. The lowest BCUT2D eigenvalue weighted by Crippen LogP contribution is -1.97. The highest BCUT2D eigenvalue weighted by Gasteiger charge is 1.99. The normalized spacial score (nSPS) is 10.2. The van der Waals surface area contributed by atoms with E-state index in [1.165, 1.54) is 0 Å². The molecule has 0 amide bonds. The van der Waals surface area contributed by atoms with Crippen LogP contribution in [0.4, 0.5) is 5.82 Å². The van der Waals surface area contributed by atoms with Crippen molar-refractivity contribution in [2.24, 2.45) is 0 Å². The summed E-state index contributed by atoms with van der Waals surface area (Å²) in [6.07, 6.45) is 1.57. The molecule has 0 aliphatic heterocycles. The number of hydrogen-bond acceptors (Lipinski definition) is 3. The van der Waals surface area contributed by atoms with Gasteiger partial charge in [0, 0.05) is 4.47 Å². The second kappa shape index (κ2) is 4.35. The van der Waals surface area contributed by atoms with Gasteiger partial charge in [-0.05, 0) is 18.2 Å². The highest BCUT2D eigenvalue weighted by Crippen LogP contribution is 2.18. The fourth-order valence-corrected chi connectivity index (χ4v) is 1.54. The molecule has 0 fully saturated rings. The van der Waals surface area contributed by atoms with Crippen molar-refractivity contribution < 1.29 is 4.74 Å². The van der Waals surface area contributed by atoms with Crippen molar-refractivity contribution in [1.29, 1.82) is 0 Å². The maximum atomic E-state index is 5.51. The minimum Gasteiger partial charge on any atom is -0.486 e. The van der Waals surface area contributed by atoms with E-state index in [-0.39, 0.29) is 0 Å². The van der Waals surface area contributed by atoms with Crippen molar-refractivity contribution in [3.8, 4) is 5.75 Å². The van der Waals surface area contributed by atoms with Crippen LogP contribution in [0.1, 0.15) is 5.82 Å². The molecule has 0 radical (unpaired) electrons. The predicted octanol–water partition coefficient (Wildman–Crippen LogP) is 2.33. The molecule has 5 heteroatoms. The van der Waals surface area contributed by atoms with Crippen LogP contribution in [0.25, 0.3) is 0 Å². The molecular weight excluding hydrogens is 258 g/mol. The van der Waals surface area contributed by atoms with Crippen molar-refractivity contribution in [2.75, 3.05) is 5.73 Å². The first-order valence-corrected chi connectivity index (χ1v) is 5.21. The van der Waals surface area contributed by atoms with Crippen LogP contribution < -0.4 is 10.5 Å². The highest BCUT2D eigenvalue weighted by atomic mass is 79.9. The summed E-state index contributed by atoms with van der Waals surface area (Å²) in [6, 6.07) is 7.64. The van der Waals surface area contributed by atoms with Gasteiger partial charge in [-0.1, -0.05) is 22.0 Å². The van der Waals surface area contributed by atoms with E-state index in [0.717, 1.165) is 10.2 Å². The Hall–Kier alpha value is -1.49. The number of benzene rings is 1. The summed E-state index contributed by atoms with van der Waals surface area (Å²) in [4.78, 5) is 6.93. The van der Waals surface area contributed by atoms with Gasteiger partial charge in [-0.15, -0.1) is 0 Å². The molecule has 1 aromatic heterocycles. The van der Waals surface area contributed by atoms with Crippen molar-refractivity contribution in [3.63, 3.8) is 0 Å². The van der Waals surface area contributed by atoms with Gasteiger partial charge in [-0.25, -0.2) is 4.98 Å². The average Bonchev–Trinajstić information content (AvgIpc) is 2.62. The molecule has 0 unspecified atom stereocenters. The van der Waals surface area contributed by atoms with Gasteiger partial charge in [0.05, 0.1) is 6.20 Å². The minimum absolute atomic E-state index is 0.383. The van der Waals surface area contributed by atoms with E-state index < -0.39 is 0 Å². The largest absolute Gasteiger partial charge is 0.486 e. The smallest absolute Gasteiger partial charge is 0.146 e. The molecule has 2 rings (SSSR count). The number of aromatic nitrogens is 2. The first kappa shape index (κ1) is 10.0. The fourth-order valence-electron chi connectivity index (χ4n) is 1.16. The van der Waals surface area contributed by atoms with Crippen molar-refractivity contribution >= 4 is 21.7 Å². The monoisotopic (exact) mass is 267 g/mol. The summed E-state index contributed by atoms with van der Waals surface area (Å²) >= 11 is 3.37. The average molecular weight is 268 g/mol. The summed E-state index contributed by atoms with van der Waals surface area (Å²) in [5, 5.41) is 0. The number of halogens is 1. The lowest BCUT2D eigenvalue weighted by molar-refractivity contribution is 0.297. The van der Waals surface area contributed by atoms with Gasteiger partial charge in [0.1, 0.15) is 24.0 Å². The van der Waals surface area contributed by atoms with E-state index in [0.29, 0.717) is 18.2 Å². The zero-order valence-corrected chi connectivity index (χ0v) is 9.49. The molecule has 0 spiro atoms. The van der Waals surface area contributed by atoms with E-state index in [1.807, 2.05) is 24.3 Å². The molecule has 1 heterocycles. The van der Waals surface area contributed by atoms with Crippen LogP contribution in [0.15, 0.2) is 34.9 Å². The Morgan fingerprint density at radius 3 is 3.00 bits per heavy atom. The molecule has 0 aliphatic rings. The number of hydrogen-bond donors (Lipinski definition) is 2. The molecule has 0 aliphatic carbocycles. The third-order valence-corrected chi connectivity index (χ3v) is 2.31. The van der Waals surface area contributed by atoms with Gasteiger partial charge >= 0.3 is 0 Å². The summed E-state index contributed by atoms with van der Waals surface area (Å²) in [6.45, 7) is 0.383. The lowest BCUT2D eigenvalue weighted by Gasteiger charge is -2.03. The van der Waals surface area contributed by atoms with Crippen LogP contribution in [0.2, 0.25) is 0 Å². The number of nitrogens with zero attached hydrogens (tertiary/aromatic N) is 1. The van der Waals surface area contributed by atoms with Crippen molar-refractivity contribution in [3.05, 3.63) is 40.8 Å². The standard InChI is InChI=1S/C10H10BrN3O/c11-7-2-1-3-8(4-7)15-6-10-13-5-9(12)14-10/h1-5H,6,12H2,(H,13,14). The van der Waals surface area contributed by atoms with E-state index in [4.69, 9.17) is 10.5 Å². The van der Waals surface area contributed by atoms with Gasteiger partial charge in [-0.2, -0.15) is 0 Å². The highest BCUT2D eigenvalue weighted by molar-refractivity contribution is 9.10. The Morgan fingerprint density at radius 2 is 2.33 bits per heavy atom. The van der Waals surface area contributed by atoms with Crippen LogP contribution >= 0.6 is 15.9 Å². The summed E-state index contributed by atoms with van der Waals surface area (Å²) in [7, 11) is 0. The molecule has 1 aromatic carbocycles. The third-order valence-electron chi connectivity index (χ3n) is 1.82. The first-order valence-electron chi connectivity index (χ1n) is 4.42. The van der Waals surface area contributed by atoms with Gasteiger partial charge in [0.25, 0.3) is 0 Å². The number of nitrogens with two attached hydrogens (primary N) is 1. The Morgan fingerprint density at radius 1 is 1.47 bits per heavy atom. The molecule has 0 saturated heterocycles. The van der Waals surface area contributed by atoms with Crippen LogP contribution in [0.5, 0.6) is 5.75 Å². The zero-order valence-electron chi connectivity index (χ0n) is 7.90. The van der Waals surface area contributed by atoms with Crippen molar-refractivity contribution in [1.82, 2.24) is 9.97 Å². The minimum atomic E-state index is 0.383. The maximum absolute atomic E-state index is 5.51. The van der Waals surface area contributed by atoms with Crippen molar-refractivity contribution in [2.45, 2.75) is 6.61 Å². The number of anilines is 1. The van der Waals surface area contributed by atoms with E-state index in [2.05, 4.69) is 25.9 Å². The molecule has 4 nitrogen and oxygen atoms in total. The second-order valence-electron chi connectivity index (χ2n) is 3.03. The number of nitrogens with one attached hydrogen (secondary N) is 1. The quantitative estimate of drug-likeness (QED) is 0.897. The molecule has 0 saturated carbocycles. The van der Waals surface area contributed by atoms with Crippen LogP contribution in [-0.2, 0) is 6.61 Å². The maximum Gasteiger partial charge on any atom is 0.146 e. The number of nitrogen functional groups attached to an aromatic ring is 1. The first-order chi connectivity index (χ1) is 7.24. The van der Waals surface area contributed by atoms with E-state index in [9.17, 15) is 0 Å². The molecule has 78 valence electrons. The number of imidazole rings is 1. The van der Waals surface area contributed by atoms with Crippen LogP contribution in [-0.4, -0.2) is 9.97 Å². The predicted molar refractivity (Wildman–Crippen MR) is 61.5 cm³/mol. The summed E-state index contributed by atoms with van der Waals surface area (Å²) in [5.74, 6) is 2.05. The molecular formula is C10H10BrN3O. The number of H-pyrrole nitrogens is 1. The zero-order chi connectivity index (χ0) is 10.7. The fraction of sp³-hybridized carbons (Fsp3) is 0.100. The molecule has 15 heavy (non-hydrogen) atoms. The summed E-state index contributed by atoms with van der Waals surface area (Å²) in [5.41, 5.74) is 5.49. The second-order valence-corrected chi connectivity index (χ2v) is 3.95. The van der Waals surface area contributed by atoms with E-state index in [1.54, 1.807) is 6.20 Å². The van der Waals surface area contributed by atoms with Gasteiger partial charge in [0.2, 0.25) is 0 Å². The Labute approximate surface area is 95.6 Å². The Kier molecular flexibility index (Phi) is 2.91. The number of rotatable bonds is 3. The van der Waals surface area contributed by atoms with Gasteiger partial charge in [0.15, 0.2) is 0 Å². The van der Waals surface area contributed by atoms with Gasteiger partial charge < -0.3 is 15.5 Å². The van der Waals surface area contributed by atoms with E-state index >= 15 is 0 Å². The van der Waals surface area contributed by atoms with Gasteiger partial charge in [-0.3, -0.25) is 0 Å². The topological polar surface area (TPSA) is 63.9 Å². The number of ether oxygens (including phenoxy) is 1. The van der Waals surface area contributed by atoms with Crippen LogP contribution in [0, 0.1) is 0 Å². The Balaban J connectivity index is 1.99. The molecule has 0 bridgehead atoms. The Bertz CT molecular complexity index is 455. The number of aromatic amines is 1. The SMILES string of the molecule is Nc1cnc(COc2cccc(Br)c2)[nH]1.